The highest BCUT2D eigenvalue weighted by Gasteiger charge is 2.47. The average Bonchev–Trinajstić information content (AvgIpc) is 1.46. The standard InChI is InChI=1S/C88H68B2N4O2/c1-85(2,3)46-31-34-66-59(37-46)61-39-49(88(10,11)12)42-65-81(61)91(66)70-43-63-52-21-14-16-29-72(52)95-84(63)76-56-26-19-24-54-58-36-45(30-33-69(58)94(80(54)56)90(65)78(70)76)50-22-17-27-57-74-73(96-83(50)57)44-71-77-75(74)55-25-18-23-53-51-20-13-15-28-68(51)93(79(53)55)89(77)64-41-48(87(7,8)9)40-62-60-38-47(86(4,5)6)32-35-67(60)92(71)82(62)64/h13-44H,1-12H3. The molecule has 12 aromatic carbocycles. The minimum atomic E-state index is -0.156. The van der Waals surface area contributed by atoms with E-state index in [1.807, 2.05) is 0 Å². The second-order valence-corrected chi connectivity index (χ2v) is 32.8. The van der Waals surface area contributed by atoms with E-state index in [0.717, 1.165) is 49.6 Å². The number of fused-ring (bicyclic) bond motifs is 28. The van der Waals surface area contributed by atoms with Crippen LogP contribution in [0, 0.1) is 0 Å². The molecule has 458 valence electrons. The Hall–Kier alpha value is -10.4. The van der Waals surface area contributed by atoms with E-state index in [2.05, 4.69) is 295 Å². The lowest BCUT2D eigenvalue weighted by Gasteiger charge is -2.35. The zero-order valence-electron chi connectivity index (χ0n) is 56.2. The van der Waals surface area contributed by atoms with Gasteiger partial charge in [0.05, 0.1) is 22.1 Å². The third-order valence-corrected chi connectivity index (χ3v) is 23.3. The van der Waals surface area contributed by atoms with Crippen LogP contribution >= 0.6 is 0 Å². The lowest BCUT2D eigenvalue weighted by Crippen LogP contribution is -2.55. The number of furan rings is 2. The minimum Gasteiger partial charge on any atom is -0.455 e. The van der Waals surface area contributed by atoms with E-state index in [1.165, 1.54) is 170 Å². The normalized spacial score (nSPS) is 14.2. The zero-order chi connectivity index (χ0) is 64.6. The highest BCUT2D eigenvalue weighted by molar-refractivity contribution is 6.91. The van der Waals surface area contributed by atoms with Crippen LogP contribution in [-0.2, 0) is 21.7 Å². The fourth-order valence-electron chi connectivity index (χ4n) is 18.7. The zero-order valence-corrected chi connectivity index (χ0v) is 56.2. The highest BCUT2D eigenvalue weighted by Crippen LogP contribution is 2.53. The van der Waals surface area contributed by atoms with Crippen molar-refractivity contribution in [3.63, 3.8) is 0 Å². The molecule has 0 N–H and O–H groups in total. The lowest BCUT2D eigenvalue weighted by atomic mass is 9.45. The molecule has 0 radical (unpaired) electrons. The summed E-state index contributed by atoms with van der Waals surface area (Å²) in [6.45, 7) is 28.0. The van der Waals surface area contributed by atoms with Gasteiger partial charge in [-0.25, -0.2) is 0 Å². The Morgan fingerprint density at radius 1 is 0.302 bits per heavy atom. The highest BCUT2D eigenvalue weighted by atomic mass is 16.3. The molecule has 4 aliphatic rings. The first-order valence-electron chi connectivity index (χ1n) is 34.5. The molecule has 0 spiro atoms. The smallest absolute Gasteiger partial charge is 0.333 e. The quantitative estimate of drug-likeness (QED) is 0.154. The van der Waals surface area contributed by atoms with E-state index < -0.39 is 0 Å². The van der Waals surface area contributed by atoms with Crippen molar-refractivity contribution in [2.75, 3.05) is 0 Å². The molecule has 0 unspecified atom stereocenters. The summed E-state index contributed by atoms with van der Waals surface area (Å²) >= 11 is 0. The van der Waals surface area contributed by atoms with E-state index in [4.69, 9.17) is 8.83 Å². The summed E-state index contributed by atoms with van der Waals surface area (Å²) in [7, 11) is 0. The average molecular weight is 1240 g/mol. The molecule has 0 amide bonds. The number of benzene rings is 12. The summed E-state index contributed by atoms with van der Waals surface area (Å²) < 4.78 is 25.5. The predicted octanol–water partition coefficient (Wildman–Crippen LogP) is 20.6. The molecule has 0 saturated carbocycles. The predicted molar refractivity (Wildman–Crippen MR) is 408 cm³/mol. The maximum absolute atomic E-state index is 7.68. The topological polar surface area (TPSA) is 46.0 Å². The molecule has 0 aliphatic carbocycles. The van der Waals surface area contributed by atoms with Gasteiger partial charge in [0, 0.05) is 126 Å². The van der Waals surface area contributed by atoms with Gasteiger partial charge in [0.1, 0.15) is 22.3 Å². The van der Waals surface area contributed by atoms with Crippen molar-refractivity contribution in [2.45, 2.75) is 105 Å². The van der Waals surface area contributed by atoms with E-state index in [1.54, 1.807) is 0 Å². The van der Waals surface area contributed by atoms with Gasteiger partial charge in [-0.05, 0) is 144 Å². The molecule has 10 heterocycles. The third-order valence-electron chi connectivity index (χ3n) is 23.3. The van der Waals surface area contributed by atoms with Gasteiger partial charge in [-0.2, -0.15) is 0 Å². The molecule has 6 nitrogen and oxygen atoms in total. The fourth-order valence-corrected chi connectivity index (χ4v) is 18.7. The summed E-state index contributed by atoms with van der Waals surface area (Å²) in [6.07, 6.45) is 0. The first kappa shape index (κ1) is 53.9. The van der Waals surface area contributed by atoms with E-state index in [9.17, 15) is 0 Å². The summed E-state index contributed by atoms with van der Waals surface area (Å²) in [4.78, 5) is 0. The molecule has 4 aliphatic heterocycles. The second kappa shape index (κ2) is 17.2. The Bertz CT molecular complexity index is 6760. The molecule has 0 saturated heterocycles. The molecule has 0 fully saturated rings. The number of para-hydroxylation sites is 5. The minimum absolute atomic E-state index is 0.0250. The van der Waals surface area contributed by atoms with Crippen LogP contribution < -0.4 is 21.9 Å². The van der Waals surface area contributed by atoms with Crippen molar-refractivity contribution in [3.8, 4) is 44.8 Å². The van der Waals surface area contributed by atoms with Crippen LogP contribution in [0.5, 0.6) is 0 Å². The van der Waals surface area contributed by atoms with Gasteiger partial charge in [-0.15, -0.1) is 0 Å². The molecular weight excluding hydrogens is 1170 g/mol. The monoisotopic (exact) mass is 1230 g/mol. The van der Waals surface area contributed by atoms with Crippen molar-refractivity contribution in [1.29, 1.82) is 0 Å². The number of rotatable bonds is 1. The number of hydrogen-bond donors (Lipinski definition) is 0. The van der Waals surface area contributed by atoms with Gasteiger partial charge >= 0.3 is 13.7 Å². The molecule has 96 heavy (non-hydrogen) atoms. The number of hydrogen-bond acceptors (Lipinski definition) is 2. The van der Waals surface area contributed by atoms with Crippen LogP contribution in [-0.4, -0.2) is 31.8 Å². The Kier molecular flexibility index (Phi) is 9.63. The number of aromatic nitrogens is 4. The first-order valence-corrected chi connectivity index (χ1v) is 34.5. The molecule has 22 rings (SSSR count). The SMILES string of the molecule is CC(C)(C)c1ccc2c(c1)c1cc(C(C)(C)C)cc3c1n2-c1cc2c(oc4ccccc42)c2c1B3n1c3ccc(-c4cccc5c4oc4cc6c7c(c45)-c4cccc5c8ccccc8n(c45)B7c4cc(C(C)(C)C)cc5c7cc(C(C)(C)C)ccc7n-6c45)cc3c3cccc-2c31. The Labute approximate surface area is 556 Å². The van der Waals surface area contributed by atoms with E-state index in [-0.39, 0.29) is 35.4 Å². The fraction of sp³-hybridized carbons (Fsp3) is 0.182. The Morgan fingerprint density at radius 2 is 0.771 bits per heavy atom. The summed E-state index contributed by atoms with van der Waals surface area (Å²) in [5.74, 6) is 0. The van der Waals surface area contributed by atoms with Crippen LogP contribution in [0.4, 0.5) is 0 Å². The van der Waals surface area contributed by atoms with Gasteiger partial charge in [-0.3, -0.25) is 0 Å². The van der Waals surface area contributed by atoms with Gasteiger partial charge in [0.25, 0.3) is 0 Å². The number of nitrogens with zero attached hydrogens (tertiary/aromatic N) is 4. The second-order valence-electron chi connectivity index (χ2n) is 32.8. The molecule has 0 atom stereocenters. The van der Waals surface area contributed by atoms with Crippen molar-refractivity contribution in [1.82, 2.24) is 18.1 Å². The summed E-state index contributed by atoms with van der Waals surface area (Å²) in [5.41, 5.74) is 33.6. The summed E-state index contributed by atoms with van der Waals surface area (Å²) in [5, 5.41) is 14.8. The molecule has 8 heteroatoms. The Balaban J connectivity index is 0.826. The van der Waals surface area contributed by atoms with E-state index in [0.29, 0.717) is 0 Å². The van der Waals surface area contributed by atoms with Crippen LogP contribution in [0.1, 0.15) is 105 Å². The largest absolute Gasteiger partial charge is 0.455 e. The molecule has 0 bridgehead atoms. The van der Waals surface area contributed by atoms with Crippen LogP contribution in [0.25, 0.3) is 176 Å². The van der Waals surface area contributed by atoms with Gasteiger partial charge in [-0.1, -0.05) is 204 Å². The van der Waals surface area contributed by atoms with E-state index >= 15 is 0 Å². The lowest BCUT2D eigenvalue weighted by molar-refractivity contribution is 0.590. The van der Waals surface area contributed by atoms with Gasteiger partial charge < -0.3 is 26.9 Å². The van der Waals surface area contributed by atoms with Crippen molar-refractivity contribution >= 4 is 167 Å². The van der Waals surface area contributed by atoms with Gasteiger partial charge in [0.15, 0.2) is 0 Å². The molecule has 6 aromatic heterocycles. The molecular formula is C88H68B2N4O2. The van der Waals surface area contributed by atoms with Gasteiger partial charge in [0.2, 0.25) is 0 Å². The van der Waals surface area contributed by atoms with Crippen molar-refractivity contribution < 1.29 is 8.83 Å². The maximum atomic E-state index is 7.68. The van der Waals surface area contributed by atoms with Crippen molar-refractivity contribution in [3.05, 3.63) is 216 Å². The maximum Gasteiger partial charge on any atom is 0.333 e. The third kappa shape index (κ3) is 6.48. The molecule has 18 aromatic rings. The van der Waals surface area contributed by atoms with Crippen LogP contribution in [0.3, 0.4) is 0 Å². The van der Waals surface area contributed by atoms with Crippen molar-refractivity contribution in [2.24, 2.45) is 0 Å². The first-order chi connectivity index (χ1) is 46.2. The Morgan fingerprint density at radius 3 is 1.39 bits per heavy atom. The summed E-state index contributed by atoms with van der Waals surface area (Å²) in [6, 6.07) is 75.5. The van der Waals surface area contributed by atoms with Crippen LogP contribution in [0.2, 0.25) is 0 Å². The van der Waals surface area contributed by atoms with Crippen LogP contribution in [0.15, 0.2) is 203 Å².